The highest BCUT2D eigenvalue weighted by atomic mass is 16.3. The smallest absolute Gasteiger partial charge is 0.174 e. The molecule has 0 unspecified atom stereocenters. The second kappa shape index (κ2) is 6.76. The molecule has 0 aliphatic carbocycles. The third kappa shape index (κ3) is 4.36. The average Bonchev–Trinajstić information content (AvgIpc) is 2.46. The van der Waals surface area contributed by atoms with Crippen LogP contribution in [0.15, 0.2) is 28.5 Å². The molecule has 0 saturated carbocycles. The zero-order chi connectivity index (χ0) is 18.7. The molecule has 0 spiro atoms. The lowest BCUT2D eigenvalue weighted by Gasteiger charge is -2.27. The highest BCUT2D eigenvalue weighted by Gasteiger charge is 2.26. The molecule has 1 aromatic carbocycles. The number of aliphatic imine (C=N–C) groups is 1. The van der Waals surface area contributed by atoms with E-state index < -0.39 is 0 Å². The van der Waals surface area contributed by atoms with Gasteiger partial charge in [-0.15, -0.1) is 0 Å². The molecule has 24 heavy (non-hydrogen) atoms. The van der Waals surface area contributed by atoms with Crippen LogP contribution in [0.2, 0.25) is 0 Å². The summed E-state index contributed by atoms with van der Waals surface area (Å²) in [4.78, 5) is 4.02. The van der Waals surface area contributed by atoms with Crippen LogP contribution < -0.4 is 5.73 Å². The van der Waals surface area contributed by atoms with Gasteiger partial charge in [0.2, 0.25) is 0 Å². The number of hydrogen-bond acceptors (Lipinski definition) is 5. The van der Waals surface area contributed by atoms with E-state index >= 15 is 0 Å². The van der Waals surface area contributed by atoms with E-state index in [2.05, 4.69) is 4.99 Å². The molecule has 0 aliphatic rings. The van der Waals surface area contributed by atoms with Gasteiger partial charge in [-0.1, -0.05) is 41.5 Å². The van der Waals surface area contributed by atoms with Crippen molar-refractivity contribution in [2.75, 3.05) is 0 Å². The van der Waals surface area contributed by atoms with E-state index in [4.69, 9.17) is 16.3 Å². The van der Waals surface area contributed by atoms with Crippen LogP contribution in [-0.2, 0) is 10.8 Å². The number of hydrogen-bond donors (Lipinski definition) is 2. The Kier molecular flexibility index (Phi) is 5.43. The second-order valence-corrected chi connectivity index (χ2v) is 7.71. The fourth-order valence-electron chi connectivity index (χ4n) is 2.23. The summed E-state index contributed by atoms with van der Waals surface area (Å²) in [6.07, 6.45) is 1.49. The van der Waals surface area contributed by atoms with Gasteiger partial charge in [-0.2, -0.15) is 10.5 Å². The van der Waals surface area contributed by atoms with Crippen LogP contribution in [0, 0.1) is 22.7 Å². The van der Waals surface area contributed by atoms with Crippen LogP contribution in [0.5, 0.6) is 5.75 Å². The minimum absolute atomic E-state index is 0.125. The number of rotatable bonds is 2. The Hall–Kier alpha value is -2.79. The van der Waals surface area contributed by atoms with Crippen molar-refractivity contribution in [3.8, 4) is 17.9 Å². The maximum atomic E-state index is 10.7. The van der Waals surface area contributed by atoms with Gasteiger partial charge in [0.25, 0.3) is 0 Å². The Morgan fingerprint density at radius 3 is 1.83 bits per heavy atom. The predicted molar refractivity (Wildman–Crippen MR) is 95.5 cm³/mol. The fourth-order valence-corrected chi connectivity index (χ4v) is 2.23. The Bertz CT molecular complexity index is 741. The summed E-state index contributed by atoms with van der Waals surface area (Å²) in [5.41, 5.74) is 6.93. The SMILES string of the molecule is CC(C)(C)c1cc(/C=N/C(C#N)=C(\N)C#N)cc(C(C)(C)C)c1O. The molecule has 0 heterocycles. The second-order valence-electron chi connectivity index (χ2n) is 7.71. The van der Waals surface area contributed by atoms with Crippen LogP contribution in [-0.4, -0.2) is 11.3 Å². The lowest BCUT2D eigenvalue weighted by atomic mass is 9.78. The Morgan fingerprint density at radius 2 is 1.50 bits per heavy atom. The number of nitrogens with two attached hydrogens (primary N) is 1. The van der Waals surface area contributed by atoms with Gasteiger partial charge in [-0.3, -0.25) is 0 Å². The minimum Gasteiger partial charge on any atom is -0.507 e. The Morgan fingerprint density at radius 1 is 1.04 bits per heavy atom. The van der Waals surface area contributed by atoms with Gasteiger partial charge < -0.3 is 10.8 Å². The van der Waals surface area contributed by atoms with Crippen molar-refractivity contribution in [1.29, 1.82) is 10.5 Å². The average molecular weight is 324 g/mol. The summed E-state index contributed by atoms with van der Waals surface area (Å²) in [6.45, 7) is 12.1. The van der Waals surface area contributed by atoms with Crippen LogP contribution in [0.4, 0.5) is 0 Å². The third-order valence-corrected chi connectivity index (χ3v) is 3.57. The first-order valence-electron chi connectivity index (χ1n) is 7.63. The van der Waals surface area contributed by atoms with Gasteiger partial charge in [0.05, 0.1) is 0 Å². The van der Waals surface area contributed by atoms with E-state index in [1.165, 1.54) is 6.21 Å². The van der Waals surface area contributed by atoms with Crippen molar-refractivity contribution in [3.05, 3.63) is 40.2 Å². The molecule has 5 heteroatoms. The van der Waals surface area contributed by atoms with E-state index in [1.807, 2.05) is 59.7 Å². The molecular formula is C19H24N4O. The van der Waals surface area contributed by atoms with Crippen LogP contribution >= 0.6 is 0 Å². The molecule has 1 aromatic rings. The molecule has 0 fully saturated rings. The van der Waals surface area contributed by atoms with Gasteiger partial charge >= 0.3 is 0 Å². The molecule has 126 valence electrons. The summed E-state index contributed by atoms with van der Waals surface area (Å²) in [6, 6.07) is 7.20. The molecule has 1 rings (SSSR count). The number of aromatic hydroxyl groups is 1. The van der Waals surface area contributed by atoms with E-state index in [0.717, 1.165) is 16.7 Å². The highest BCUT2D eigenvalue weighted by molar-refractivity contribution is 5.82. The van der Waals surface area contributed by atoms with Gasteiger partial charge in [0.15, 0.2) is 5.70 Å². The molecule has 0 amide bonds. The zero-order valence-electron chi connectivity index (χ0n) is 15.1. The maximum absolute atomic E-state index is 10.7. The monoisotopic (exact) mass is 324 g/mol. The minimum atomic E-state index is -0.256. The number of benzene rings is 1. The van der Waals surface area contributed by atoms with Crippen molar-refractivity contribution in [3.63, 3.8) is 0 Å². The Balaban J connectivity index is 3.58. The first kappa shape index (κ1) is 19.3. The van der Waals surface area contributed by atoms with Crippen molar-refractivity contribution in [1.82, 2.24) is 0 Å². The summed E-state index contributed by atoms with van der Waals surface area (Å²) >= 11 is 0. The third-order valence-electron chi connectivity index (χ3n) is 3.57. The highest BCUT2D eigenvalue weighted by Crippen LogP contribution is 2.39. The number of phenolic OH excluding ortho intramolecular Hbond substituents is 1. The molecule has 0 saturated heterocycles. The van der Waals surface area contributed by atoms with Crippen molar-refractivity contribution >= 4 is 6.21 Å². The van der Waals surface area contributed by atoms with E-state index in [0.29, 0.717) is 0 Å². The van der Waals surface area contributed by atoms with Gasteiger partial charge in [-0.05, 0) is 28.5 Å². The molecule has 0 bridgehead atoms. The summed E-state index contributed by atoms with van der Waals surface area (Å²) in [5.74, 6) is 0.278. The number of nitrogens with zero attached hydrogens (tertiary/aromatic N) is 3. The standard InChI is InChI=1S/C19H24N4O/c1-18(2,3)13-7-12(8-14(17(13)24)19(4,5)6)11-23-16(10-21)15(22)9-20/h7-8,11,24H,22H2,1-6H3/b16-15-,23-11+. The van der Waals surface area contributed by atoms with E-state index in [-0.39, 0.29) is 28.0 Å². The molecule has 0 atom stereocenters. The van der Waals surface area contributed by atoms with Crippen LogP contribution in [0.25, 0.3) is 0 Å². The normalized spacial score (nSPS) is 13.3. The summed E-state index contributed by atoms with van der Waals surface area (Å²) in [7, 11) is 0. The predicted octanol–water partition coefficient (Wildman–Crippen LogP) is 3.62. The Labute approximate surface area is 143 Å². The van der Waals surface area contributed by atoms with Gasteiger partial charge in [0, 0.05) is 17.3 Å². The molecular weight excluding hydrogens is 300 g/mol. The number of allylic oxidation sites excluding steroid dienone is 2. The zero-order valence-corrected chi connectivity index (χ0v) is 15.1. The first-order chi connectivity index (χ1) is 10.9. The molecule has 0 radical (unpaired) electrons. The van der Waals surface area contributed by atoms with Crippen LogP contribution in [0.1, 0.15) is 58.2 Å². The fraction of sp³-hybridized carbons (Fsp3) is 0.421. The lowest BCUT2D eigenvalue weighted by molar-refractivity contribution is 0.423. The van der Waals surface area contributed by atoms with E-state index in [9.17, 15) is 5.11 Å². The molecule has 0 aromatic heterocycles. The van der Waals surface area contributed by atoms with Crippen LogP contribution in [0.3, 0.4) is 0 Å². The number of nitriles is 2. The van der Waals surface area contributed by atoms with Crippen molar-refractivity contribution in [2.24, 2.45) is 10.7 Å². The molecule has 3 N–H and O–H groups in total. The number of phenols is 1. The van der Waals surface area contributed by atoms with Crippen molar-refractivity contribution in [2.45, 2.75) is 52.4 Å². The van der Waals surface area contributed by atoms with Gasteiger partial charge in [-0.25, -0.2) is 4.99 Å². The maximum Gasteiger partial charge on any atom is 0.174 e. The first-order valence-corrected chi connectivity index (χ1v) is 7.63. The summed E-state index contributed by atoms with van der Waals surface area (Å²) in [5, 5.41) is 28.5. The lowest BCUT2D eigenvalue weighted by Crippen LogP contribution is -2.17. The molecule has 0 aliphatic heterocycles. The summed E-state index contributed by atoms with van der Waals surface area (Å²) < 4.78 is 0. The topological polar surface area (TPSA) is 106 Å². The molecule has 5 nitrogen and oxygen atoms in total. The largest absolute Gasteiger partial charge is 0.507 e. The van der Waals surface area contributed by atoms with Crippen molar-refractivity contribution < 1.29 is 5.11 Å². The quantitative estimate of drug-likeness (QED) is 0.640. The van der Waals surface area contributed by atoms with Gasteiger partial charge in [0.1, 0.15) is 23.6 Å². The van der Waals surface area contributed by atoms with E-state index in [1.54, 1.807) is 6.07 Å².